The lowest BCUT2D eigenvalue weighted by atomic mass is 10.2. The quantitative estimate of drug-likeness (QED) is 0.229. The van der Waals surface area contributed by atoms with Crippen LogP contribution in [0.1, 0.15) is 0 Å². The maximum Gasteiger partial charge on any atom is 0.254 e. The van der Waals surface area contributed by atoms with Gasteiger partial charge >= 0.3 is 0 Å². The highest BCUT2D eigenvalue weighted by Gasteiger charge is 2.46. The zero-order valence-corrected chi connectivity index (χ0v) is 27.0. The fourth-order valence-electron chi connectivity index (χ4n) is 5.36. The summed E-state index contributed by atoms with van der Waals surface area (Å²) in [5, 5.41) is 3.52. The molecular formula is C30H45ClN6Si. The summed E-state index contributed by atoms with van der Waals surface area (Å²) >= 11 is 8.40. The van der Waals surface area contributed by atoms with Crippen LogP contribution in [0.25, 0.3) is 0 Å². The van der Waals surface area contributed by atoms with E-state index in [1.54, 1.807) is 0 Å². The van der Waals surface area contributed by atoms with Gasteiger partial charge in [0.1, 0.15) is 0 Å². The molecule has 0 spiro atoms. The molecule has 0 aliphatic rings. The van der Waals surface area contributed by atoms with Crippen molar-refractivity contribution in [1.82, 2.24) is 0 Å². The minimum absolute atomic E-state index is 1.15. The number of rotatable bonds is 9. The Labute approximate surface area is 236 Å². The molecule has 0 saturated carbocycles. The Bertz CT molecular complexity index is 1120. The molecule has 0 unspecified atom stereocenters. The highest BCUT2D eigenvalue weighted by atomic mass is 35.6. The van der Waals surface area contributed by atoms with Crippen LogP contribution in [-0.2, 0) is 0 Å². The first kappa shape index (κ1) is 29.5. The van der Waals surface area contributed by atoms with E-state index < -0.39 is 7.38 Å². The third-order valence-electron chi connectivity index (χ3n) is 6.94. The molecule has 0 aliphatic carbocycles. The largest absolute Gasteiger partial charge is 0.376 e. The van der Waals surface area contributed by atoms with E-state index in [0.717, 1.165) is 34.1 Å². The molecule has 6 nitrogen and oxygen atoms in total. The van der Waals surface area contributed by atoms with Gasteiger partial charge in [-0.2, -0.15) is 0 Å². The second kappa shape index (κ2) is 11.4. The molecule has 38 heavy (non-hydrogen) atoms. The molecule has 3 aromatic rings. The van der Waals surface area contributed by atoms with E-state index in [2.05, 4.69) is 169 Å². The fraction of sp³-hybridized carbons (Fsp3) is 0.400. The summed E-state index contributed by atoms with van der Waals surface area (Å²) in [7, 11) is 22.1. The highest BCUT2D eigenvalue weighted by molar-refractivity contribution is 7.41. The van der Waals surface area contributed by atoms with Crippen molar-refractivity contribution in [2.45, 2.75) is 0 Å². The van der Waals surface area contributed by atoms with Gasteiger partial charge in [-0.15, -0.1) is 11.1 Å². The molecule has 8 heteroatoms. The molecule has 0 atom stereocenters. The van der Waals surface area contributed by atoms with Crippen molar-refractivity contribution in [2.75, 3.05) is 114 Å². The van der Waals surface area contributed by atoms with Crippen LogP contribution in [-0.4, -0.2) is 92.0 Å². The predicted octanol–water partition coefficient (Wildman–Crippen LogP) is 3.29. The maximum absolute atomic E-state index is 8.40. The van der Waals surface area contributed by atoms with Crippen LogP contribution in [0.3, 0.4) is 0 Å². The van der Waals surface area contributed by atoms with Crippen molar-refractivity contribution in [3.05, 3.63) is 54.6 Å². The van der Waals surface area contributed by atoms with E-state index in [1.165, 1.54) is 15.6 Å². The lowest BCUT2D eigenvalue weighted by molar-refractivity contribution is 1.08. The summed E-state index contributed by atoms with van der Waals surface area (Å²) in [5.74, 6) is 0. The third-order valence-corrected chi connectivity index (χ3v) is 12.2. The first-order valence-electron chi connectivity index (χ1n) is 12.9. The van der Waals surface area contributed by atoms with Crippen molar-refractivity contribution in [3.63, 3.8) is 0 Å². The van der Waals surface area contributed by atoms with Gasteiger partial charge in [-0.1, -0.05) is 36.4 Å². The van der Waals surface area contributed by atoms with Gasteiger partial charge < -0.3 is 29.4 Å². The second-order valence-corrected chi connectivity index (χ2v) is 15.7. The van der Waals surface area contributed by atoms with Crippen molar-refractivity contribution in [2.24, 2.45) is 0 Å². The lowest BCUT2D eigenvalue weighted by Gasteiger charge is -2.38. The molecule has 206 valence electrons. The second-order valence-electron chi connectivity index (χ2n) is 11.0. The summed E-state index contributed by atoms with van der Waals surface area (Å²) < 4.78 is 0. The molecule has 0 radical (unpaired) electrons. The number of benzene rings is 3. The molecule has 0 amide bonds. The smallest absolute Gasteiger partial charge is 0.254 e. The van der Waals surface area contributed by atoms with E-state index in [-0.39, 0.29) is 0 Å². The Kier molecular flexibility index (Phi) is 8.84. The fourth-order valence-corrected chi connectivity index (χ4v) is 10.6. The molecule has 3 rings (SSSR count). The molecule has 0 N–H and O–H groups in total. The summed E-state index contributed by atoms with van der Waals surface area (Å²) in [4.78, 5) is 13.2. The topological polar surface area (TPSA) is 19.4 Å². The molecule has 0 aromatic heterocycles. The van der Waals surface area contributed by atoms with Gasteiger partial charge in [-0.05, 0) is 33.8 Å². The molecule has 3 aromatic carbocycles. The first-order valence-corrected chi connectivity index (χ1v) is 15.9. The van der Waals surface area contributed by atoms with E-state index in [0.29, 0.717) is 0 Å². The average Bonchev–Trinajstić information content (AvgIpc) is 2.86. The number of para-hydroxylation sites is 3. The van der Waals surface area contributed by atoms with Gasteiger partial charge in [-0.25, -0.2) is 0 Å². The van der Waals surface area contributed by atoms with Crippen LogP contribution in [0.2, 0.25) is 0 Å². The van der Waals surface area contributed by atoms with Crippen molar-refractivity contribution < 1.29 is 0 Å². The minimum atomic E-state index is -3.16. The number of anilines is 6. The van der Waals surface area contributed by atoms with E-state index in [1.807, 2.05) is 0 Å². The van der Waals surface area contributed by atoms with Gasteiger partial charge in [-0.3, -0.25) is 0 Å². The number of hydrogen-bond donors (Lipinski definition) is 0. The lowest BCUT2D eigenvalue weighted by Crippen LogP contribution is -2.65. The molecule has 0 fully saturated rings. The molecule has 0 bridgehead atoms. The maximum atomic E-state index is 8.40. The van der Waals surface area contributed by atoms with Crippen LogP contribution in [0.5, 0.6) is 0 Å². The summed E-state index contributed by atoms with van der Waals surface area (Å²) in [5.41, 5.74) is 6.90. The van der Waals surface area contributed by atoms with E-state index in [9.17, 15) is 0 Å². The molecule has 0 heterocycles. The van der Waals surface area contributed by atoms with Gasteiger partial charge in [0.25, 0.3) is 7.38 Å². The van der Waals surface area contributed by atoms with Crippen LogP contribution >= 0.6 is 11.1 Å². The first-order chi connectivity index (χ1) is 17.7. The van der Waals surface area contributed by atoms with E-state index in [4.69, 9.17) is 11.1 Å². The molecule has 0 saturated heterocycles. The van der Waals surface area contributed by atoms with Crippen molar-refractivity contribution in [3.8, 4) is 0 Å². The zero-order valence-electron chi connectivity index (χ0n) is 25.3. The van der Waals surface area contributed by atoms with Gasteiger partial charge in [0.15, 0.2) is 0 Å². The number of halogens is 1. The van der Waals surface area contributed by atoms with Gasteiger partial charge in [0.05, 0.1) is 34.1 Å². The Hall–Kier alpha value is -3.03. The SMILES string of the molecule is CN(C)c1cccc([Si](Cl)(c2cccc(N(C)C)c2N(C)C)c2cccc(N(C)C)c2N(C)C)c1N(C)C. The molecular weight excluding hydrogens is 508 g/mol. The van der Waals surface area contributed by atoms with Gasteiger partial charge in [0, 0.05) is 84.6 Å². The monoisotopic (exact) mass is 552 g/mol. The van der Waals surface area contributed by atoms with Crippen molar-refractivity contribution >= 4 is 68.1 Å². The van der Waals surface area contributed by atoms with Gasteiger partial charge in [0.2, 0.25) is 0 Å². The number of nitrogens with zero attached hydrogens (tertiary/aromatic N) is 6. The molecule has 0 aliphatic heterocycles. The summed E-state index contributed by atoms with van der Waals surface area (Å²) in [6.45, 7) is 0. The third kappa shape index (κ3) is 5.14. The highest BCUT2D eigenvalue weighted by Crippen LogP contribution is 2.36. The Morgan fingerprint density at radius 2 is 0.632 bits per heavy atom. The van der Waals surface area contributed by atoms with Crippen LogP contribution in [0, 0.1) is 0 Å². The Balaban J connectivity index is 2.66. The Morgan fingerprint density at radius 1 is 0.395 bits per heavy atom. The summed E-state index contributed by atoms with van der Waals surface area (Å²) in [6, 6.07) is 19.7. The van der Waals surface area contributed by atoms with Crippen LogP contribution in [0.15, 0.2) is 54.6 Å². The zero-order chi connectivity index (χ0) is 28.5. The normalized spacial score (nSPS) is 11.3. The minimum Gasteiger partial charge on any atom is -0.376 e. The predicted molar refractivity (Wildman–Crippen MR) is 176 cm³/mol. The van der Waals surface area contributed by atoms with Crippen LogP contribution in [0.4, 0.5) is 34.1 Å². The Morgan fingerprint density at radius 3 is 0.816 bits per heavy atom. The standard InChI is InChI=1S/C30H45ClN6Si/c1-32(2)22-16-13-19-25(28(22)35(7)8)38(31,26-20-14-17-23(33(3)4)29(26)36(9)10)27-21-15-18-24(34(5)6)30(27)37(11)12/h13-21H,1-12H3. The van der Waals surface area contributed by atoms with Crippen LogP contribution < -0.4 is 45.0 Å². The van der Waals surface area contributed by atoms with Crippen molar-refractivity contribution in [1.29, 1.82) is 0 Å². The summed E-state index contributed by atoms with van der Waals surface area (Å²) in [6.07, 6.45) is 0. The average molecular weight is 553 g/mol. The number of hydrogen-bond acceptors (Lipinski definition) is 6. The van der Waals surface area contributed by atoms with E-state index >= 15 is 0 Å².